The summed E-state index contributed by atoms with van der Waals surface area (Å²) in [5.41, 5.74) is 2.28. The lowest BCUT2D eigenvalue weighted by atomic mass is 9.65. The van der Waals surface area contributed by atoms with Crippen molar-refractivity contribution in [2.75, 3.05) is 0 Å². The Morgan fingerprint density at radius 2 is 1.57 bits per heavy atom. The molecule has 0 saturated heterocycles. The standard InChI is InChI=1S/C26H46O2/c1-18(12-11-15-25(5,6)7)21(4)26(8,9)19(2)13-10-14-22-16-23(27)20(3)24(28)17-22/h10,13-14,18-19,21,23-24,27-28H,3,11-12,15-17H2,1-2,4-9H3/b13-10+/t18?,19?,21?,23-,24-/m1/s1. The van der Waals surface area contributed by atoms with E-state index >= 15 is 0 Å². The highest BCUT2D eigenvalue weighted by Crippen LogP contribution is 2.41. The molecule has 0 heterocycles. The summed E-state index contributed by atoms with van der Waals surface area (Å²) in [6, 6.07) is 0. The highest BCUT2D eigenvalue weighted by molar-refractivity contribution is 5.26. The van der Waals surface area contributed by atoms with Gasteiger partial charge in [0.05, 0.1) is 12.2 Å². The van der Waals surface area contributed by atoms with E-state index in [2.05, 4.69) is 80.2 Å². The van der Waals surface area contributed by atoms with E-state index in [1.807, 2.05) is 0 Å². The molecule has 5 atom stereocenters. The number of allylic oxidation sites excluding steroid dienone is 3. The van der Waals surface area contributed by atoms with Crippen molar-refractivity contribution in [1.82, 2.24) is 0 Å². The topological polar surface area (TPSA) is 40.5 Å². The Bertz CT molecular complexity index is 545. The molecule has 28 heavy (non-hydrogen) atoms. The quantitative estimate of drug-likeness (QED) is 0.453. The van der Waals surface area contributed by atoms with E-state index in [0.29, 0.717) is 41.6 Å². The molecule has 2 N–H and O–H groups in total. The first-order valence-electron chi connectivity index (χ1n) is 11.2. The van der Waals surface area contributed by atoms with Gasteiger partial charge in [0.15, 0.2) is 0 Å². The van der Waals surface area contributed by atoms with Crippen molar-refractivity contribution >= 4 is 0 Å². The van der Waals surface area contributed by atoms with E-state index in [4.69, 9.17) is 0 Å². The molecular formula is C26H46O2. The van der Waals surface area contributed by atoms with E-state index in [1.54, 1.807) is 0 Å². The zero-order valence-electron chi connectivity index (χ0n) is 19.8. The van der Waals surface area contributed by atoms with Crippen molar-refractivity contribution in [3.8, 4) is 0 Å². The van der Waals surface area contributed by atoms with Crippen molar-refractivity contribution in [1.29, 1.82) is 0 Å². The molecule has 0 aromatic heterocycles. The fourth-order valence-corrected chi connectivity index (χ4v) is 4.16. The average Bonchev–Trinajstić information content (AvgIpc) is 2.57. The highest BCUT2D eigenvalue weighted by atomic mass is 16.3. The second kappa shape index (κ2) is 10.3. The molecule has 3 unspecified atom stereocenters. The maximum atomic E-state index is 9.99. The molecule has 0 amide bonds. The van der Waals surface area contributed by atoms with Gasteiger partial charge >= 0.3 is 0 Å². The summed E-state index contributed by atoms with van der Waals surface area (Å²) in [6.45, 7) is 22.6. The number of aliphatic hydroxyl groups is 2. The molecule has 1 aliphatic rings. The van der Waals surface area contributed by atoms with Crippen molar-refractivity contribution < 1.29 is 10.2 Å². The van der Waals surface area contributed by atoms with Gasteiger partial charge in [-0.3, -0.25) is 0 Å². The fraction of sp³-hybridized carbons (Fsp3) is 0.769. The number of rotatable bonds is 8. The third-order valence-electron chi connectivity index (χ3n) is 7.29. The van der Waals surface area contributed by atoms with Crippen LogP contribution in [-0.2, 0) is 0 Å². The minimum atomic E-state index is -0.619. The molecule has 0 bridgehead atoms. The molecule has 2 heteroatoms. The normalized spacial score (nSPS) is 25.1. The second-order valence-corrected chi connectivity index (χ2v) is 11.1. The Morgan fingerprint density at radius 1 is 1.04 bits per heavy atom. The van der Waals surface area contributed by atoms with E-state index < -0.39 is 12.2 Å². The molecule has 1 saturated carbocycles. The minimum Gasteiger partial charge on any atom is -0.388 e. The first kappa shape index (κ1) is 25.2. The number of hydrogen-bond donors (Lipinski definition) is 2. The molecule has 1 fully saturated rings. The zero-order chi connectivity index (χ0) is 21.7. The van der Waals surface area contributed by atoms with Crippen LogP contribution < -0.4 is 0 Å². The Hall–Kier alpha value is -0.860. The van der Waals surface area contributed by atoms with Gasteiger partial charge in [-0.2, -0.15) is 0 Å². The zero-order valence-corrected chi connectivity index (χ0v) is 19.8. The summed E-state index contributed by atoms with van der Waals surface area (Å²) in [6.07, 6.45) is 10.3. The van der Waals surface area contributed by atoms with E-state index in [0.717, 1.165) is 5.57 Å². The third-order valence-corrected chi connectivity index (χ3v) is 7.29. The smallest absolute Gasteiger partial charge is 0.0809 e. The van der Waals surface area contributed by atoms with Crippen LogP contribution in [0.25, 0.3) is 0 Å². The molecule has 162 valence electrons. The van der Waals surface area contributed by atoms with Crippen molar-refractivity contribution in [3.05, 3.63) is 36.0 Å². The fourth-order valence-electron chi connectivity index (χ4n) is 4.16. The van der Waals surface area contributed by atoms with Gasteiger partial charge in [0, 0.05) is 0 Å². The molecule has 2 nitrogen and oxygen atoms in total. The highest BCUT2D eigenvalue weighted by Gasteiger charge is 2.33. The van der Waals surface area contributed by atoms with Gasteiger partial charge in [0.2, 0.25) is 0 Å². The molecule has 1 aliphatic carbocycles. The van der Waals surface area contributed by atoms with E-state index in [1.165, 1.54) is 19.3 Å². The van der Waals surface area contributed by atoms with Crippen LogP contribution in [0.5, 0.6) is 0 Å². The van der Waals surface area contributed by atoms with Gasteiger partial charge in [0.1, 0.15) is 0 Å². The number of hydrogen-bond acceptors (Lipinski definition) is 2. The Labute approximate surface area is 174 Å². The van der Waals surface area contributed by atoms with Gasteiger partial charge < -0.3 is 10.2 Å². The van der Waals surface area contributed by atoms with Crippen molar-refractivity contribution in [3.63, 3.8) is 0 Å². The second-order valence-electron chi connectivity index (χ2n) is 11.1. The SMILES string of the molecule is C=C1[C@H](O)CC(=C/C=C/C(C)C(C)(C)C(C)C(C)CCCC(C)(C)C)C[C@H]1O. The molecule has 0 aromatic rings. The van der Waals surface area contributed by atoms with E-state index in [-0.39, 0.29) is 5.41 Å². The van der Waals surface area contributed by atoms with E-state index in [9.17, 15) is 10.2 Å². The van der Waals surface area contributed by atoms with Crippen LogP contribution in [0.1, 0.15) is 87.5 Å². The summed E-state index contributed by atoms with van der Waals surface area (Å²) >= 11 is 0. The van der Waals surface area contributed by atoms with Crippen LogP contribution >= 0.6 is 0 Å². The van der Waals surface area contributed by atoms with Gasteiger partial charge in [-0.15, -0.1) is 0 Å². The predicted octanol–water partition coefficient (Wildman–Crippen LogP) is 6.69. The molecular weight excluding hydrogens is 344 g/mol. The Kier molecular flexibility index (Phi) is 9.22. The third kappa shape index (κ3) is 7.52. The lowest BCUT2D eigenvalue weighted by Crippen LogP contribution is -2.32. The van der Waals surface area contributed by atoms with Crippen LogP contribution in [-0.4, -0.2) is 22.4 Å². The van der Waals surface area contributed by atoms with Crippen LogP contribution in [0.2, 0.25) is 0 Å². The van der Waals surface area contributed by atoms with Crippen LogP contribution in [0, 0.1) is 28.6 Å². The lowest BCUT2D eigenvalue weighted by molar-refractivity contribution is 0.112. The van der Waals surface area contributed by atoms with Gasteiger partial charge in [-0.25, -0.2) is 0 Å². The monoisotopic (exact) mass is 390 g/mol. The summed E-state index contributed by atoms with van der Waals surface area (Å²) in [4.78, 5) is 0. The minimum absolute atomic E-state index is 0.218. The molecule has 0 spiro atoms. The summed E-state index contributed by atoms with van der Waals surface area (Å²) in [5, 5.41) is 20.0. The maximum absolute atomic E-state index is 9.99. The summed E-state index contributed by atoms with van der Waals surface area (Å²) < 4.78 is 0. The van der Waals surface area contributed by atoms with Crippen LogP contribution in [0.4, 0.5) is 0 Å². The molecule has 0 aliphatic heterocycles. The van der Waals surface area contributed by atoms with Gasteiger partial charge in [-0.05, 0) is 53.4 Å². The van der Waals surface area contributed by atoms with Gasteiger partial charge in [0.25, 0.3) is 0 Å². The van der Waals surface area contributed by atoms with Crippen LogP contribution in [0.15, 0.2) is 36.0 Å². The maximum Gasteiger partial charge on any atom is 0.0809 e. The predicted molar refractivity (Wildman–Crippen MR) is 122 cm³/mol. The molecule has 1 rings (SSSR count). The Morgan fingerprint density at radius 3 is 2.07 bits per heavy atom. The number of aliphatic hydroxyl groups excluding tert-OH is 2. The summed E-state index contributed by atoms with van der Waals surface area (Å²) in [5.74, 6) is 1.81. The molecule has 0 radical (unpaired) electrons. The van der Waals surface area contributed by atoms with Crippen LogP contribution in [0.3, 0.4) is 0 Å². The van der Waals surface area contributed by atoms with Crippen molar-refractivity contribution in [2.24, 2.45) is 28.6 Å². The van der Waals surface area contributed by atoms with Crippen molar-refractivity contribution in [2.45, 2.75) is 99.7 Å². The summed E-state index contributed by atoms with van der Waals surface area (Å²) in [7, 11) is 0. The first-order valence-corrected chi connectivity index (χ1v) is 11.2. The molecule has 0 aromatic carbocycles. The van der Waals surface area contributed by atoms with Gasteiger partial charge in [-0.1, -0.05) is 98.6 Å². The first-order chi connectivity index (χ1) is 12.8. The average molecular weight is 391 g/mol. The largest absolute Gasteiger partial charge is 0.388 e. The Balaban J connectivity index is 2.65. The lowest BCUT2D eigenvalue weighted by Gasteiger charge is -2.40.